The van der Waals surface area contributed by atoms with Crippen molar-refractivity contribution in [1.29, 1.82) is 0 Å². The van der Waals surface area contributed by atoms with Gasteiger partial charge in [0.2, 0.25) is 0 Å². The molecule has 5 rings (SSSR count). The van der Waals surface area contributed by atoms with Crippen LogP contribution >= 0.6 is 11.3 Å². The van der Waals surface area contributed by atoms with Crippen LogP contribution in [0.15, 0.2) is 75.6 Å². The first-order valence-electron chi connectivity index (χ1n) is 11.1. The third kappa shape index (κ3) is 4.38. The number of imidazole rings is 1. The second-order valence-corrected chi connectivity index (χ2v) is 8.95. The van der Waals surface area contributed by atoms with Crippen LogP contribution in [0.3, 0.4) is 0 Å². The Morgan fingerprint density at radius 3 is 2.43 bits per heavy atom. The Morgan fingerprint density at radius 1 is 0.914 bits per heavy atom. The Labute approximate surface area is 205 Å². The van der Waals surface area contributed by atoms with E-state index in [9.17, 15) is 9.59 Å². The van der Waals surface area contributed by atoms with E-state index in [0.29, 0.717) is 48.0 Å². The van der Waals surface area contributed by atoms with Gasteiger partial charge in [0.25, 0.3) is 5.56 Å². The van der Waals surface area contributed by atoms with Gasteiger partial charge in [0.15, 0.2) is 28.5 Å². The number of hydrogen-bond acceptors (Lipinski definition) is 6. The van der Waals surface area contributed by atoms with Crippen molar-refractivity contribution in [3.63, 3.8) is 0 Å². The topological polar surface area (TPSA) is 91.1 Å². The molecule has 0 fully saturated rings. The standard InChI is InChI=1S/C26H24N4O4S/c1-33-19-11-10-17(15-20(19)34-2)12-13-29-22-24(27-23(29)21-9-6-14-35-21)30(26(32)28-25(22)31)16-18-7-4-3-5-8-18/h3-11,14-15H,12-13,16H2,1-2H3,(H,28,31,32). The molecule has 0 amide bonds. The zero-order valence-electron chi connectivity index (χ0n) is 19.4. The van der Waals surface area contributed by atoms with Gasteiger partial charge in [-0.25, -0.2) is 9.78 Å². The lowest BCUT2D eigenvalue weighted by Gasteiger charge is -2.11. The van der Waals surface area contributed by atoms with Crippen molar-refractivity contribution >= 4 is 22.5 Å². The molecule has 178 valence electrons. The zero-order valence-corrected chi connectivity index (χ0v) is 20.2. The van der Waals surface area contributed by atoms with Gasteiger partial charge in [0, 0.05) is 6.54 Å². The van der Waals surface area contributed by atoms with Crippen molar-refractivity contribution in [2.75, 3.05) is 14.2 Å². The van der Waals surface area contributed by atoms with E-state index in [1.807, 2.05) is 70.6 Å². The van der Waals surface area contributed by atoms with Gasteiger partial charge in [-0.15, -0.1) is 11.3 Å². The summed E-state index contributed by atoms with van der Waals surface area (Å²) in [6.07, 6.45) is 0.626. The molecule has 0 bridgehead atoms. The summed E-state index contributed by atoms with van der Waals surface area (Å²) in [5.74, 6) is 1.96. The number of aromatic nitrogens is 4. The summed E-state index contributed by atoms with van der Waals surface area (Å²) >= 11 is 1.54. The number of rotatable bonds is 8. The fourth-order valence-electron chi connectivity index (χ4n) is 4.17. The monoisotopic (exact) mass is 488 g/mol. The molecule has 0 radical (unpaired) electrons. The summed E-state index contributed by atoms with van der Waals surface area (Å²) in [4.78, 5) is 34.1. The first kappa shape index (κ1) is 22.7. The molecule has 9 heteroatoms. The van der Waals surface area contributed by atoms with E-state index in [1.165, 1.54) is 15.9 Å². The second kappa shape index (κ2) is 9.63. The van der Waals surface area contributed by atoms with Crippen LogP contribution < -0.4 is 20.7 Å². The first-order chi connectivity index (χ1) is 17.1. The van der Waals surface area contributed by atoms with E-state index < -0.39 is 11.2 Å². The molecule has 3 aromatic heterocycles. The van der Waals surface area contributed by atoms with Crippen molar-refractivity contribution < 1.29 is 9.47 Å². The van der Waals surface area contributed by atoms with E-state index in [1.54, 1.807) is 14.2 Å². The Morgan fingerprint density at radius 2 is 1.71 bits per heavy atom. The molecule has 5 aromatic rings. The van der Waals surface area contributed by atoms with Gasteiger partial charge in [-0.1, -0.05) is 42.5 Å². The number of thiophene rings is 1. The van der Waals surface area contributed by atoms with Gasteiger partial charge in [-0.2, -0.15) is 0 Å². The maximum absolute atomic E-state index is 13.0. The number of nitrogens with zero attached hydrogens (tertiary/aromatic N) is 3. The molecular formula is C26H24N4O4S. The average molecular weight is 489 g/mol. The van der Waals surface area contributed by atoms with Crippen LogP contribution in [-0.4, -0.2) is 33.3 Å². The number of H-pyrrole nitrogens is 1. The number of aryl methyl sites for hydroxylation is 2. The van der Waals surface area contributed by atoms with Gasteiger partial charge in [-0.05, 0) is 41.1 Å². The molecule has 3 heterocycles. The minimum absolute atomic E-state index is 0.309. The third-order valence-corrected chi connectivity index (χ3v) is 6.75. The highest BCUT2D eigenvalue weighted by Gasteiger charge is 2.20. The number of nitrogens with one attached hydrogen (secondary N) is 1. The number of benzene rings is 2. The molecule has 1 N–H and O–H groups in total. The van der Waals surface area contributed by atoms with Crippen LogP contribution in [-0.2, 0) is 19.5 Å². The first-order valence-corrected chi connectivity index (χ1v) is 12.0. The summed E-state index contributed by atoms with van der Waals surface area (Å²) < 4.78 is 14.2. The maximum Gasteiger partial charge on any atom is 0.330 e. The summed E-state index contributed by atoms with van der Waals surface area (Å²) in [6, 6.07) is 19.3. The van der Waals surface area contributed by atoms with E-state index in [-0.39, 0.29) is 0 Å². The van der Waals surface area contributed by atoms with Gasteiger partial charge >= 0.3 is 5.69 Å². The van der Waals surface area contributed by atoms with Gasteiger partial charge in [0.05, 0.1) is 25.6 Å². The van der Waals surface area contributed by atoms with E-state index in [2.05, 4.69) is 4.98 Å². The zero-order chi connectivity index (χ0) is 24.4. The van der Waals surface area contributed by atoms with Crippen LogP contribution in [0.5, 0.6) is 11.5 Å². The largest absolute Gasteiger partial charge is 0.493 e. The highest BCUT2D eigenvalue weighted by atomic mass is 32.1. The quantitative estimate of drug-likeness (QED) is 0.358. The van der Waals surface area contributed by atoms with Crippen molar-refractivity contribution in [3.05, 3.63) is 98.0 Å². The SMILES string of the molecule is COc1ccc(CCn2c(-c3cccs3)nc3c2c(=O)[nH]c(=O)n3Cc2ccccc2)cc1OC. The molecule has 0 aliphatic rings. The lowest BCUT2D eigenvalue weighted by molar-refractivity contribution is 0.354. The molecule has 0 aliphatic heterocycles. The molecule has 0 saturated carbocycles. The molecule has 35 heavy (non-hydrogen) atoms. The van der Waals surface area contributed by atoms with E-state index >= 15 is 0 Å². The third-order valence-electron chi connectivity index (χ3n) is 5.88. The molecule has 8 nitrogen and oxygen atoms in total. The predicted octanol–water partition coefficient (Wildman–Crippen LogP) is 3.92. The number of fused-ring (bicyclic) bond motifs is 1. The molecular weight excluding hydrogens is 464 g/mol. The van der Waals surface area contributed by atoms with Crippen LogP contribution in [0.1, 0.15) is 11.1 Å². The van der Waals surface area contributed by atoms with Gasteiger partial charge in [0.1, 0.15) is 0 Å². The summed E-state index contributed by atoms with van der Waals surface area (Å²) in [6.45, 7) is 0.801. The van der Waals surface area contributed by atoms with Crippen LogP contribution in [0, 0.1) is 0 Å². The fourth-order valence-corrected chi connectivity index (χ4v) is 4.90. The Bertz CT molecular complexity index is 1580. The number of hydrogen-bond donors (Lipinski definition) is 1. The van der Waals surface area contributed by atoms with Gasteiger partial charge in [-0.3, -0.25) is 14.3 Å². The normalized spacial score (nSPS) is 11.1. The van der Waals surface area contributed by atoms with Crippen molar-refractivity contribution in [1.82, 2.24) is 19.1 Å². The number of aromatic amines is 1. The Hall–Kier alpha value is -4.11. The number of methoxy groups -OCH3 is 2. The molecule has 0 saturated heterocycles. The van der Waals surface area contributed by atoms with Crippen molar-refractivity contribution in [2.45, 2.75) is 19.5 Å². The van der Waals surface area contributed by atoms with Crippen LogP contribution in [0.4, 0.5) is 0 Å². The summed E-state index contributed by atoms with van der Waals surface area (Å²) in [5.41, 5.74) is 1.80. The minimum atomic E-state index is -0.478. The lowest BCUT2D eigenvalue weighted by atomic mass is 10.1. The molecule has 2 aromatic carbocycles. The van der Waals surface area contributed by atoms with Crippen molar-refractivity contribution in [2.24, 2.45) is 0 Å². The summed E-state index contributed by atoms with van der Waals surface area (Å²) in [7, 11) is 3.20. The van der Waals surface area contributed by atoms with Gasteiger partial charge < -0.3 is 14.0 Å². The smallest absolute Gasteiger partial charge is 0.330 e. The molecule has 0 unspecified atom stereocenters. The average Bonchev–Trinajstić information content (AvgIpc) is 3.54. The highest BCUT2D eigenvalue weighted by Crippen LogP contribution is 2.30. The van der Waals surface area contributed by atoms with E-state index in [4.69, 9.17) is 14.5 Å². The number of ether oxygens (including phenoxy) is 2. The Balaban J connectivity index is 1.62. The molecule has 0 atom stereocenters. The Kier molecular flexibility index (Phi) is 6.24. The highest BCUT2D eigenvalue weighted by molar-refractivity contribution is 7.13. The second-order valence-electron chi connectivity index (χ2n) is 8.01. The van der Waals surface area contributed by atoms with E-state index in [0.717, 1.165) is 16.0 Å². The predicted molar refractivity (Wildman–Crippen MR) is 137 cm³/mol. The lowest BCUT2D eigenvalue weighted by Crippen LogP contribution is -2.31. The maximum atomic E-state index is 13.0. The van der Waals surface area contributed by atoms with Crippen molar-refractivity contribution in [3.8, 4) is 22.2 Å². The minimum Gasteiger partial charge on any atom is -0.493 e. The fraction of sp³-hybridized carbons (Fsp3) is 0.192. The van der Waals surface area contributed by atoms with Crippen LogP contribution in [0.25, 0.3) is 21.9 Å². The molecule has 0 aliphatic carbocycles. The van der Waals surface area contributed by atoms with Crippen LogP contribution in [0.2, 0.25) is 0 Å². The summed E-state index contributed by atoms with van der Waals surface area (Å²) in [5, 5.41) is 1.97. The molecule has 0 spiro atoms.